The van der Waals surface area contributed by atoms with Crippen LogP contribution < -0.4 is 0 Å². The maximum atomic E-state index is 12.8. The van der Waals surface area contributed by atoms with Gasteiger partial charge in [0, 0.05) is 19.3 Å². The maximum absolute atomic E-state index is 12.8. The van der Waals surface area contributed by atoms with Gasteiger partial charge in [-0.3, -0.25) is 14.4 Å². The molecule has 61 heavy (non-hydrogen) atoms. The summed E-state index contributed by atoms with van der Waals surface area (Å²) in [5.74, 6) is 0.803. The van der Waals surface area contributed by atoms with Gasteiger partial charge in [-0.15, -0.1) is 0 Å². The van der Waals surface area contributed by atoms with Gasteiger partial charge in [-0.2, -0.15) is 0 Å². The number of hydrogen-bond acceptors (Lipinski definition) is 6. The van der Waals surface area contributed by atoms with Gasteiger partial charge in [0.1, 0.15) is 13.2 Å². The van der Waals surface area contributed by atoms with Crippen LogP contribution in [-0.4, -0.2) is 37.2 Å². The molecule has 1 atom stereocenters. The predicted molar refractivity (Wildman–Crippen MR) is 261 cm³/mol. The lowest BCUT2D eigenvalue weighted by Crippen LogP contribution is -2.30. The fourth-order valence-electron chi connectivity index (χ4n) is 8.34. The van der Waals surface area contributed by atoms with E-state index in [4.69, 9.17) is 14.2 Å². The van der Waals surface area contributed by atoms with Crippen LogP contribution in [0.4, 0.5) is 0 Å². The van der Waals surface area contributed by atoms with E-state index in [2.05, 4.69) is 34.6 Å². The first-order chi connectivity index (χ1) is 29.7. The Hall–Kier alpha value is -1.59. The van der Waals surface area contributed by atoms with Crippen molar-refractivity contribution in [3.8, 4) is 0 Å². The first kappa shape index (κ1) is 59.4. The van der Waals surface area contributed by atoms with Crippen LogP contribution in [0, 0.1) is 11.8 Å². The van der Waals surface area contributed by atoms with Crippen molar-refractivity contribution in [2.24, 2.45) is 11.8 Å². The lowest BCUT2D eigenvalue weighted by atomic mass is 10.0. The molecule has 0 heterocycles. The summed E-state index contributed by atoms with van der Waals surface area (Å²) in [6.45, 7) is 11.4. The summed E-state index contributed by atoms with van der Waals surface area (Å²) in [5.41, 5.74) is 0. The topological polar surface area (TPSA) is 78.9 Å². The monoisotopic (exact) mass is 863 g/mol. The number of unbranched alkanes of at least 4 members (excludes halogenated alkanes) is 34. The average Bonchev–Trinajstić information content (AvgIpc) is 3.23. The molecule has 0 N–H and O–H groups in total. The van der Waals surface area contributed by atoms with Crippen molar-refractivity contribution < 1.29 is 28.6 Å². The van der Waals surface area contributed by atoms with Crippen LogP contribution in [0.5, 0.6) is 0 Å². The zero-order valence-electron chi connectivity index (χ0n) is 41.8. The van der Waals surface area contributed by atoms with Crippen LogP contribution in [0.15, 0.2) is 0 Å². The summed E-state index contributed by atoms with van der Waals surface area (Å²) in [4.78, 5) is 38.0. The van der Waals surface area contributed by atoms with Gasteiger partial charge in [0.15, 0.2) is 6.10 Å². The molecule has 0 amide bonds. The molecule has 0 aromatic carbocycles. The molecule has 0 aromatic rings. The van der Waals surface area contributed by atoms with Crippen molar-refractivity contribution in [3.05, 3.63) is 0 Å². The van der Waals surface area contributed by atoms with Crippen molar-refractivity contribution in [3.63, 3.8) is 0 Å². The predicted octanol–water partition coefficient (Wildman–Crippen LogP) is 17.7. The van der Waals surface area contributed by atoms with Crippen molar-refractivity contribution in [2.45, 2.75) is 310 Å². The van der Waals surface area contributed by atoms with E-state index in [0.717, 1.165) is 69.6 Å². The fourth-order valence-corrected chi connectivity index (χ4v) is 8.34. The van der Waals surface area contributed by atoms with E-state index in [-0.39, 0.29) is 31.1 Å². The molecule has 0 unspecified atom stereocenters. The number of esters is 3. The third kappa shape index (κ3) is 49.3. The smallest absolute Gasteiger partial charge is 0.306 e. The number of carbonyl (C=O) groups excluding carboxylic acids is 3. The van der Waals surface area contributed by atoms with E-state index in [1.54, 1.807) is 0 Å². The van der Waals surface area contributed by atoms with Crippen LogP contribution >= 0.6 is 0 Å². The zero-order chi connectivity index (χ0) is 44.7. The second-order valence-electron chi connectivity index (χ2n) is 19.8. The van der Waals surface area contributed by atoms with Crippen molar-refractivity contribution in [1.29, 1.82) is 0 Å². The Morgan fingerprint density at radius 1 is 0.311 bits per heavy atom. The van der Waals surface area contributed by atoms with Gasteiger partial charge in [0.25, 0.3) is 0 Å². The molecule has 362 valence electrons. The lowest BCUT2D eigenvalue weighted by molar-refractivity contribution is -0.167. The molecule has 0 spiro atoms. The Labute approximate surface area is 380 Å². The van der Waals surface area contributed by atoms with Crippen molar-refractivity contribution >= 4 is 17.9 Å². The van der Waals surface area contributed by atoms with E-state index in [0.29, 0.717) is 19.3 Å². The average molecular weight is 863 g/mol. The minimum absolute atomic E-state index is 0.0634. The second-order valence-corrected chi connectivity index (χ2v) is 19.8. The standard InChI is InChI=1S/C55H106O6/c1-6-7-8-9-10-11-12-17-22-25-32-37-42-47-55(58)61-52(49-60-54(57)46-41-36-31-27-26-29-34-39-44-51(4)5)48-59-53(56)45-40-35-30-24-21-19-16-14-13-15-18-20-23-28-33-38-43-50(2)3/h50-52H,6-49H2,1-5H3/t52-/m0/s1. The molecule has 0 fully saturated rings. The molecule has 0 saturated carbocycles. The van der Waals surface area contributed by atoms with Crippen LogP contribution in [0.25, 0.3) is 0 Å². The van der Waals surface area contributed by atoms with Crippen LogP contribution in [0.1, 0.15) is 304 Å². The summed E-state index contributed by atoms with van der Waals surface area (Å²) in [6, 6.07) is 0. The number of carbonyl (C=O) groups is 3. The molecule has 0 aliphatic heterocycles. The van der Waals surface area contributed by atoms with Gasteiger partial charge in [-0.25, -0.2) is 0 Å². The van der Waals surface area contributed by atoms with E-state index in [1.165, 1.54) is 193 Å². The molecule has 0 bridgehead atoms. The SMILES string of the molecule is CCCCCCCCCCCCCCCC(=O)O[C@@H](COC(=O)CCCCCCCCCCCCCCCCCCC(C)C)COC(=O)CCCCCCCCCCC(C)C. The van der Waals surface area contributed by atoms with Crippen molar-refractivity contribution in [1.82, 2.24) is 0 Å². The normalized spacial score (nSPS) is 12.0. The minimum atomic E-state index is -0.762. The quantitative estimate of drug-likeness (QED) is 0.0344. The Balaban J connectivity index is 4.25. The molecule has 0 aliphatic rings. The molecular weight excluding hydrogens is 757 g/mol. The highest BCUT2D eigenvalue weighted by Crippen LogP contribution is 2.18. The maximum Gasteiger partial charge on any atom is 0.306 e. The van der Waals surface area contributed by atoms with E-state index >= 15 is 0 Å². The van der Waals surface area contributed by atoms with Crippen LogP contribution in [0.2, 0.25) is 0 Å². The molecule has 0 aromatic heterocycles. The van der Waals surface area contributed by atoms with Gasteiger partial charge in [-0.05, 0) is 31.1 Å². The summed E-state index contributed by atoms with van der Waals surface area (Å²) < 4.78 is 16.8. The van der Waals surface area contributed by atoms with Crippen LogP contribution in [-0.2, 0) is 28.6 Å². The summed E-state index contributed by atoms with van der Waals surface area (Å²) in [7, 11) is 0. The fraction of sp³-hybridized carbons (Fsp3) is 0.945. The summed E-state index contributed by atoms with van der Waals surface area (Å²) >= 11 is 0. The molecule has 6 heteroatoms. The van der Waals surface area contributed by atoms with Gasteiger partial charge >= 0.3 is 17.9 Å². The molecular formula is C55H106O6. The lowest BCUT2D eigenvalue weighted by Gasteiger charge is -2.18. The highest BCUT2D eigenvalue weighted by molar-refractivity contribution is 5.71. The third-order valence-electron chi connectivity index (χ3n) is 12.5. The van der Waals surface area contributed by atoms with Gasteiger partial charge < -0.3 is 14.2 Å². The van der Waals surface area contributed by atoms with Crippen molar-refractivity contribution in [2.75, 3.05) is 13.2 Å². The molecule has 6 nitrogen and oxygen atoms in total. The van der Waals surface area contributed by atoms with E-state index in [9.17, 15) is 14.4 Å². The molecule has 0 aliphatic carbocycles. The summed E-state index contributed by atoms with van der Waals surface area (Å²) in [5, 5.41) is 0. The number of hydrogen-bond donors (Lipinski definition) is 0. The number of ether oxygens (including phenoxy) is 3. The minimum Gasteiger partial charge on any atom is -0.462 e. The van der Waals surface area contributed by atoms with Crippen LogP contribution in [0.3, 0.4) is 0 Å². The molecule has 0 rings (SSSR count). The highest BCUT2D eigenvalue weighted by Gasteiger charge is 2.19. The highest BCUT2D eigenvalue weighted by atomic mass is 16.6. The zero-order valence-corrected chi connectivity index (χ0v) is 41.8. The second kappa shape index (κ2) is 47.9. The van der Waals surface area contributed by atoms with E-state index in [1.807, 2.05) is 0 Å². The Kier molecular flexibility index (Phi) is 46.6. The first-order valence-corrected chi connectivity index (χ1v) is 27.2. The number of rotatable bonds is 49. The first-order valence-electron chi connectivity index (χ1n) is 27.2. The molecule has 0 saturated heterocycles. The Morgan fingerprint density at radius 2 is 0.541 bits per heavy atom. The van der Waals surface area contributed by atoms with E-state index < -0.39 is 6.10 Å². The van der Waals surface area contributed by atoms with Gasteiger partial charge in [-0.1, -0.05) is 266 Å². The summed E-state index contributed by atoms with van der Waals surface area (Å²) in [6.07, 6.45) is 49.5. The Morgan fingerprint density at radius 3 is 0.803 bits per heavy atom. The largest absolute Gasteiger partial charge is 0.462 e. The third-order valence-corrected chi connectivity index (χ3v) is 12.5. The Bertz CT molecular complexity index is 931. The van der Waals surface area contributed by atoms with Gasteiger partial charge in [0.05, 0.1) is 0 Å². The molecule has 0 radical (unpaired) electrons. The van der Waals surface area contributed by atoms with Gasteiger partial charge in [0.2, 0.25) is 0 Å².